The molecule has 0 saturated carbocycles. The lowest BCUT2D eigenvalue weighted by atomic mass is 10.0. The summed E-state index contributed by atoms with van der Waals surface area (Å²) in [4.78, 5) is 19.4. The van der Waals surface area contributed by atoms with Crippen molar-refractivity contribution in [2.45, 2.75) is 18.6 Å². The fraction of sp³-hybridized carbons (Fsp3) is 0.481. The van der Waals surface area contributed by atoms with Crippen molar-refractivity contribution in [1.82, 2.24) is 23.3 Å². The van der Waals surface area contributed by atoms with Gasteiger partial charge in [-0.05, 0) is 30.7 Å². The monoisotopic (exact) mass is 540 g/mol. The minimum absolute atomic E-state index is 0.0152. The highest BCUT2D eigenvalue weighted by molar-refractivity contribution is 7.86. The lowest BCUT2D eigenvalue weighted by Gasteiger charge is -2.48. The molecule has 2 aromatic carbocycles. The molecule has 0 radical (unpaired) electrons. The van der Waals surface area contributed by atoms with Gasteiger partial charge in [0.15, 0.2) is 0 Å². The third-order valence-electron chi connectivity index (χ3n) is 7.64. The number of benzene rings is 2. The minimum atomic E-state index is -3.44. The first kappa shape index (κ1) is 26.6. The maximum Gasteiger partial charge on any atom is 0.281 e. The summed E-state index contributed by atoms with van der Waals surface area (Å²) in [5.41, 5.74) is 1.57. The van der Waals surface area contributed by atoms with Crippen LogP contribution in [0.25, 0.3) is 0 Å². The van der Waals surface area contributed by atoms with Crippen LogP contribution in [0.3, 0.4) is 0 Å². The molecule has 1 atom stereocenters. The summed E-state index contributed by atoms with van der Waals surface area (Å²) in [6.07, 6.45) is 0.421. The van der Waals surface area contributed by atoms with Crippen LogP contribution in [0.2, 0.25) is 0 Å². The van der Waals surface area contributed by atoms with E-state index in [0.29, 0.717) is 55.8 Å². The molecule has 3 heterocycles. The van der Waals surface area contributed by atoms with Crippen molar-refractivity contribution in [2.24, 2.45) is 0 Å². The molecule has 3 fully saturated rings. The van der Waals surface area contributed by atoms with Crippen LogP contribution >= 0.6 is 0 Å². The largest absolute Gasteiger partial charge is 0.489 e. The van der Waals surface area contributed by atoms with E-state index < -0.39 is 10.2 Å². The third kappa shape index (κ3) is 5.56. The summed E-state index contributed by atoms with van der Waals surface area (Å²) in [6.45, 7) is 5.60. The zero-order chi connectivity index (χ0) is 26.9. The highest BCUT2D eigenvalue weighted by atomic mass is 32.2. The highest BCUT2D eigenvalue weighted by Crippen LogP contribution is 2.24. The maximum atomic E-state index is 13.0. The summed E-state index contributed by atoms with van der Waals surface area (Å²) in [7, 11) is -0.381. The summed E-state index contributed by atoms with van der Waals surface area (Å²) >= 11 is 0. The van der Waals surface area contributed by atoms with Gasteiger partial charge in [0.2, 0.25) is 0 Å². The number of nitrogens with zero attached hydrogens (tertiary/aromatic N) is 5. The van der Waals surface area contributed by atoms with E-state index in [9.17, 15) is 13.2 Å². The van der Waals surface area contributed by atoms with Crippen LogP contribution in [0.4, 0.5) is 0 Å². The Morgan fingerprint density at radius 3 is 2.16 bits per heavy atom. The minimum Gasteiger partial charge on any atom is -0.489 e. The molecule has 0 aliphatic carbocycles. The number of carbonyl (C=O) groups excluding carboxylic acids is 1. The van der Waals surface area contributed by atoms with E-state index >= 15 is 0 Å². The van der Waals surface area contributed by atoms with Crippen molar-refractivity contribution in [1.29, 1.82) is 5.41 Å². The first-order valence-corrected chi connectivity index (χ1v) is 14.5. The van der Waals surface area contributed by atoms with Gasteiger partial charge in [-0.3, -0.25) is 15.1 Å². The molecule has 3 aliphatic heterocycles. The van der Waals surface area contributed by atoms with Gasteiger partial charge in [-0.15, -0.1) is 0 Å². The second-order valence-electron chi connectivity index (χ2n) is 10.3. The number of likely N-dealkylation sites (tertiary alicyclic amines) is 1. The van der Waals surface area contributed by atoms with E-state index in [1.54, 1.807) is 24.3 Å². The van der Waals surface area contributed by atoms with E-state index in [1.165, 1.54) is 22.7 Å². The first-order chi connectivity index (χ1) is 18.2. The van der Waals surface area contributed by atoms with Crippen molar-refractivity contribution < 1.29 is 17.9 Å². The van der Waals surface area contributed by atoms with Gasteiger partial charge < -0.3 is 14.5 Å². The van der Waals surface area contributed by atoms with Gasteiger partial charge in [0.25, 0.3) is 16.1 Å². The Balaban J connectivity index is 1.06. The average molecular weight is 541 g/mol. The Hall–Kier alpha value is -2.99. The molecule has 0 aromatic heterocycles. The van der Waals surface area contributed by atoms with Crippen LogP contribution in [0, 0.1) is 5.41 Å². The summed E-state index contributed by atoms with van der Waals surface area (Å²) in [5.74, 6) is 1.23. The lowest BCUT2D eigenvalue weighted by molar-refractivity contribution is 0.0152. The molecule has 2 aromatic rings. The number of hydrogen-bond acceptors (Lipinski definition) is 6. The number of hydrogen-bond donors (Lipinski definition) is 1. The number of rotatable bonds is 7. The Bertz CT molecular complexity index is 1240. The molecular formula is C27H36N6O4S. The van der Waals surface area contributed by atoms with E-state index in [2.05, 4.69) is 9.80 Å². The second kappa shape index (κ2) is 11.0. The predicted molar refractivity (Wildman–Crippen MR) is 146 cm³/mol. The van der Waals surface area contributed by atoms with Crippen molar-refractivity contribution in [3.05, 3.63) is 65.7 Å². The molecule has 3 aliphatic rings. The summed E-state index contributed by atoms with van der Waals surface area (Å²) in [5, 5.41) is 8.48. The highest BCUT2D eigenvalue weighted by Gasteiger charge is 2.37. The Morgan fingerprint density at radius 2 is 1.53 bits per heavy atom. The van der Waals surface area contributed by atoms with Gasteiger partial charge in [0.1, 0.15) is 17.7 Å². The smallest absolute Gasteiger partial charge is 0.281 e. The standard InChI is InChI=1S/C27H36N6O4S/c1-29(2)38(35,36)33-13-12-25(20-33)37-24-10-8-22(9-11-24)27(34)32-18-23(19-32)30-14-16-31(17-15-30)26(28)21-6-4-3-5-7-21/h3-11,23,25,28H,12-20H2,1-2H3/t25-/m0/s1. The van der Waals surface area contributed by atoms with Crippen molar-refractivity contribution in [2.75, 3.05) is 66.5 Å². The van der Waals surface area contributed by atoms with Gasteiger partial charge in [-0.1, -0.05) is 30.3 Å². The van der Waals surface area contributed by atoms with Crippen LogP contribution in [-0.4, -0.2) is 122 Å². The number of ether oxygens (including phenoxy) is 1. The zero-order valence-corrected chi connectivity index (χ0v) is 22.8. The van der Waals surface area contributed by atoms with Gasteiger partial charge in [0.05, 0.1) is 6.54 Å². The summed E-state index contributed by atoms with van der Waals surface area (Å²) in [6, 6.07) is 17.3. The zero-order valence-electron chi connectivity index (χ0n) is 22.0. The molecule has 204 valence electrons. The number of nitrogens with one attached hydrogen (secondary N) is 1. The normalized spacial score (nSPS) is 21.5. The second-order valence-corrected chi connectivity index (χ2v) is 12.4. The van der Waals surface area contributed by atoms with E-state index in [-0.39, 0.29) is 12.0 Å². The molecule has 10 nitrogen and oxygen atoms in total. The fourth-order valence-electron chi connectivity index (χ4n) is 5.23. The predicted octanol–water partition coefficient (Wildman–Crippen LogP) is 1.41. The van der Waals surface area contributed by atoms with Crippen LogP contribution in [0.1, 0.15) is 22.3 Å². The average Bonchev–Trinajstić information content (AvgIpc) is 3.38. The maximum absolute atomic E-state index is 13.0. The van der Waals surface area contributed by atoms with Crippen molar-refractivity contribution in [3.8, 4) is 5.75 Å². The van der Waals surface area contributed by atoms with Gasteiger partial charge in [0, 0.05) is 77.1 Å². The number of amides is 1. The van der Waals surface area contributed by atoms with Crippen LogP contribution in [0.5, 0.6) is 5.75 Å². The number of carbonyl (C=O) groups is 1. The Morgan fingerprint density at radius 1 is 0.868 bits per heavy atom. The van der Waals surface area contributed by atoms with E-state index in [4.69, 9.17) is 10.1 Å². The molecule has 3 saturated heterocycles. The summed E-state index contributed by atoms with van der Waals surface area (Å²) < 4.78 is 33.3. The molecule has 1 amide bonds. The van der Waals surface area contributed by atoms with Crippen LogP contribution < -0.4 is 4.74 Å². The van der Waals surface area contributed by atoms with Crippen molar-refractivity contribution >= 4 is 22.0 Å². The number of piperazine rings is 1. The SMILES string of the molecule is CN(C)S(=O)(=O)N1CC[C@H](Oc2ccc(C(=O)N3CC(N4CCN(C(=N)c5ccccc5)CC4)C3)cc2)C1. The Labute approximate surface area is 225 Å². The van der Waals surface area contributed by atoms with E-state index in [1.807, 2.05) is 35.2 Å². The van der Waals surface area contributed by atoms with Crippen LogP contribution in [-0.2, 0) is 10.2 Å². The molecule has 0 bridgehead atoms. The fourth-order valence-corrected chi connectivity index (χ4v) is 6.38. The van der Waals surface area contributed by atoms with Crippen molar-refractivity contribution in [3.63, 3.8) is 0 Å². The Kier molecular flexibility index (Phi) is 7.71. The van der Waals surface area contributed by atoms with E-state index in [0.717, 1.165) is 31.7 Å². The third-order valence-corrected chi connectivity index (χ3v) is 9.55. The molecule has 0 spiro atoms. The van der Waals surface area contributed by atoms with Gasteiger partial charge >= 0.3 is 0 Å². The quantitative estimate of drug-likeness (QED) is 0.421. The molecule has 0 unspecified atom stereocenters. The number of amidine groups is 1. The molecular weight excluding hydrogens is 504 g/mol. The molecule has 11 heteroatoms. The topological polar surface area (TPSA) is 100 Å². The lowest BCUT2D eigenvalue weighted by Crippen LogP contribution is -2.64. The first-order valence-electron chi connectivity index (χ1n) is 13.1. The van der Waals surface area contributed by atoms with Gasteiger partial charge in [-0.25, -0.2) is 0 Å². The van der Waals surface area contributed by atoms with Gasteiger partial charge in [-0.2, -0.15) is 17.0 Å². The molecule has 5 rings (SSSR count). The molecule has 1 N–H and O–H groups in total. The van der Waals surface area contributed by atoms with Crippen LogP contribution in [0.15, 0.2) is 54.6 Å². The molecule has 38 heavy (non-hydrogen) atoms.